The number of nitrogens with zero attached hydrogens (tertiary/aromatic N) is 1. The van der Waals surface area contributed by atoms with Crippen molar-refractivity contribution in [3.63, 3.8) is 0 Å². The van der Waals surface area contributed by atoms with E-state index in [4.69, 9.17) is 16.3 Å². The highest BCUT2D eigenvalue weighted by molar-refractivity contribution is 6.30. The third kappa shape index (κ3) is 5.06. The third-order valence-electron chi connectivity index (χ3n) is 3.77. The third-order valence-corrected chi connectivity index (χ3v) is 4.02. The lowest BCUT2D eigenvalue weighted by atomic mass is 10.0. The van der Waals surface area contributed by atoms with Gasteiger partial charge in [-0.25, -0.2) is 0 Å². The molecule has 1 aromatic rings. The summed E-state index contributed by atoms with van der Waals surface area (Å²) < 4.78 is 5.50. The van der Waals surface area contributed by atoms with Gasteiger partial charge in [-0.1, -0.05) is 30.7 Å². The first-order chi connectivity index (χ1) is 9.79. The molecule has 0 aliphatic carbocycles. The fraction of sp³-hybridized carbons (Fsp3) is 0.625. The molecule has 1 heterocycles. The highest BCUT2D eigenvalue weighted by atomic mass is 35.5. The summed E-state index contributed by atoms with van der Waals surface area (Å²) in [5, 5.41) is 4.37. The molecule has 1 aliphatic heterocycles. The van der Waals surface area contributed by atoms with Crippen molar-refractivity contribution in [1.29, 1.82) is 0 Å². The fourth-order valence-corrected chi connectivity index (χ4v) is 2.79. The summed E-state index contributed by atoms with van der Waals surface area (Å²) in [6, 6.07) is 8.60. The monoisotopic (exact) mass is 296 g/mol. The van der Waals surface area contributed by atoms with Crippen LogP contribution in [0, 0.1) is 0 Å². The molecule has 4 heteroatoms. The smallest absolute Gasteiger partial charge is 0.0593 e. The van der Waals surface area contributed by atoms with E-state index in [1.165, 1.54) is 5.56 Å². The van der Waals surface area contributed by atoms with Crippen molar-refractivity contribution in [2.24, 2.45) is 0 Å². The van der Waals surface area contributed by atoms with E-state index in [0.717, 1.165) is 57.3 Å². The number of rotatable bonds is 6. The molecular formula is C16H25ClN2O. The zero-order chi connectivity index (χ0) is 14.2. The van der Waals surface area contributed by atoms with E-state index in [-0.39, 0.29) is 0 Å². The van der Waals surface area contributed by atoms with Gasteiger partial charge >= 0.3 is 0 Å². The van der Waals surface area contributed by atoms with E-state index in [0.29, 0.717) is 6.04 Å². The summed E-state index contributed by atoms with van der Waals surface area (Å²) in [4.78, 5) is 2.51. The number of hydrogen-bond acceptors (Lipinski definition) is 3. The Bertz CT molecular complexity index is 375. The standard InChI is InChI=1S/C16H25ClN2O/c1-2-18-16(14-4-6-15(17)7-5-14)8-10-19-9-3-12-20-13-11-19/h4-7,16,18H,2-3,8-13H2,1H3. The van der Waals surface area contributed by atoms with E-state index in [1.54, 1.807) is 0 Å². The first-order valence-electron chi connectivity index (χ1n) is 7.58. The van der Waals surface area contributed by atoms with Crippen LogP contribution in [0.1, 0.15) is 31.4 Å². The van der Waals surface area contributed by atoms with Gasteiger partial charge in [-0.3, -0.25) is 0 Å². The number of benzene rings is 1. The maximum Gasteiger partial charge on any atom is 0.0593 e. The molecule has 0 radical (unpaired) electrons. The maximum atomic E-state index is 5.97. The predicted octanol–water partition coefficient (Wildman–Crippen LogP) is 3.10. The van der Waals surface area contributed by atoms with Crippen LogP contribution < -0.4 is 5.32 Å². The Hall–Kier alpha value is -0.610. The summed E-state index contributed by atoms with van der Waals surface area (Å²) in [7, 11) is 0. The molecule has 0 bridgehead atoms. The summed E-state index contributed by atoms with van der Waals surface area (Å²) >= 11 is 5.97. The van der Waals surface area contributed by atoms with Crippen LogP contribution in [0.2, 0.25) is 5.02 Å². The topological polar surface area (TPSA) is 24.5 Å². The van der Waals surface area contributed by atoms with Crippen molar-refractivity contribution in [2.45, 2.75) is 25.8 Å². The Balaban J connectivity index is 1.89. The van der Waals surface area contributed by atoms with Crippen LogP contribution in [-0.4, -0.2) is 44.3 Å². The van der Waals surface area contributed by atoms with Crippen LogP contribution in [0.5, 0.6) is 0 Å². The largest absolute Gasteiger partial charge is 0.380 e. The van der Waals surface area contributed by atoms with Crippen molar-refractivity contribution in [1.82, 2.24) is 10.2 Å². The van der Waals surface area contributed by atoms with E-state index in [1.807, 2.05) is 12.1 Å². The van der Waals surface area contributed by atoms with Crippen LogP contribution >= 0.6 is 11.6 Å². The van der Waals surface area contributed by atoms with Gasteiger partial charge in [-0.05, 0) is 37.1 Å². The molecule has 3 nitrogen and oxygen atoms in total. The van der Waals surface area contributed by atoms with Crippen LogP contribution in [0.25, 0.3) is 0 Å². The molecular weight excluding hydrogens is 272 g/mol. The Labute approximate surface area is 127 Å². The van der Waals surface area contributed by atoms with E-state index in [2.05, 4.69) is 29.3 Å². The van der Waals surface area contributed by atoms with Crippen molar-refractivity contribution in [3.05, 3.63) is 34.9 Å². The molecule has 2 rings (SSSR count). The number of halogens is 1. The van der Waals surface area contributed by atoms with Gasteiger partial charge in [-0.15, -0.1) is 0 Å². The first kappa shape index (κ1) is 15.8. The summed E-state index contributed by atoms with van der Waals surface area (Å²) in [5.41, 5.74) is 1.32. The molecule has 1 N–H and O–H groups in total. The minimum atomic E-state index is 0.404. The van der Waals surface area contributed by atoms with Crippen LogP contribution in [0.15, 0.2) is 24.3 Å². The van der Waals surface area contributed by atoms with Gasteiger partial charge in [0.25, 0.3) is 0 Å². The lowest BCUT2D eigenvalue weighted by Crippen LogP contribution is -2.31. The van der Waals surface area contributed by atoms with Crippen molar-refractivity contribution < 1.29 is 4.74 Å². The van der Waals surface area contributed by atoms with Gasteiger partial charge in [0.05, 0.1) is 6.61 Å². The summed E-state index contributed by atoms with van der Waals surface area (Å²) in [5.74, 6) is 0. The Morgan fingerprint density at radius 3 is 2.80 bits per heavy atom. The Morgan fingerprint density at radius 1 is 1.25 bits per heavy atom. The predicted molar refractivity (Wildman–Crippen MR) is 84.4 cm³/mol. The minimum absolute atomic E-state index is 0.404. The van der Waals surface area contributed by atoms with Gasteiger partial charge < -0.3 is 15.0 Å². The van der Waals surface area contributed by atoms with Crippen molar-refractivity contribution >= 4 is 11.6 Å². The summed E-state index contributed by atoms with van der Waals surface area (Å²) in [6.07, 6.45) is 2.27. The molecule has 0 aromatic heterocycles. The van der Waals surface area contributed by atoms with E-state index >= 15 is 0 Å². The molecule has 20 heavy (non-hydrogen) atoms. The Morgan fingerprint density at radius 2 is 2.05 bits per heavy atom. The summed E-state index contributed by atoms with van der Waals surface area (Å²) in [6.45, 7) is 8.23. The highest BCUT2D eigenvalue weighted by Crippen LogP contribution is 2.20. The van der Waals surface area contributed by atoms with Crippen LogP contribution in [-0.2, 0) is 4.74 Å². The lowest BCUT2D eigenvalue weighted by molar-refractivity contribution is 0.140. The van der Waals surface area contributed by atoms with Gasteiger partial charge in [0.15, 0.2) is 0 Å². The number of ether oxygens (including phenoxy) is 1. The maximum absolute atomic E-state index is 5.97. The molecule has 112 valence electrons. The molecule has 1 atom stereocenters. The molecule has 0 amide bonds. The number of nitrogens with one attached hydrogen (secondary N) is 1. The van der Waals surface area contributed by atoms with Crippen LogP contribution in [0.4, 0.5) is 0 Å². The zero-order valence-electron chi connectivity index (χ0n) is 12.3. The van der Waals surface area contributed by atoms with Crippen LogP contribution in [0.3, 0.4) is 0 Å². The van der Waals surface area contributed by atoms with Crippen molar-refractivity contribution in [2.75, 3.05) is 39.4 Å². The molecule has 0 saturated carbocycles. The molecule has 1 fully saturated rings. The molecule has 1 aromatic carbocycles. The fourth-order valence-electron chi connectivity index (χ4n) is 2.66. The molecule has 1 unspecified atom stereocenters. The SMILES string of the molecule is CCNC(CCN1CCCOCC1)c1ccc(Cl)cc1. The van der Waals surface area contributed by atoms with Gasteiger partial charge in [0.1, 0.15) is 0 Å². The van der Waals surface area contributed by atoms with E-state index in [9.17, 15) is 0 Å². The minimum Gasteiger partial charge on any atom is -0.380 e. The first-order valence-corrected chi connectivity index (χ1v) is 7.96. The second-order valence-electron chi connectivity index (χ2n) is 5.26. The molecule has 0 spiro atoms. The average Bonchev–Trinajstić information content (AvgIpc) is 2.73. The zero-order valence-corrected chi connectivity index (χ0v) is 13.0. The number of hydrogen-bond donors (Lipinski definition) is 1. The van der Waals surface area contributed by atoms with Gasteiger partial charge in [0.2, 0.25) is 0 Å². The second kappa shape index (κ2) is 8.63. The Kier molecular flexibility index (Phi) is 6.80. The quantitative estimate of drug-likeness (QED) is 0.873. The van der Waals surface area contributed by atoms with Gasteiger partial charge in [-0.2, -0.15) is 0 Å². The average molecular weight is 297 g/mol. The highest BCUT2D eigenvalue weighted by Gasteiger charge is 2.14. The molecule has 1 saturated heterocycles. The van der Waals surface area contributed by atoms with E-state index < -0.39 is 0 Å². The second-order valence-corrected chi connectivity index (χ2v) is 5.69. The lowest BCUT2D eigenvalue weighted by Gasteiger charge is -2.24. The molecule has 1 aliphatic rings. The van der Waals surface area contributed by atoms with Gasteiger partial charge in [0, 0.05) is 37.3 Å². The normalized spacial score (nSPS) is 18.7. The van der Waals surface area contributed by atoms with Crippen molar-refractivity contribution in [3.8, 4) is 0 Å².